The quantitative estimate of drug-likeness (QED) is 0.360. The second-order valence-electron chi connectivity index (χ2n) is 8.42. The Hall–Kier alpha value is -4.26. The van der Waals surface area contributed by atoms with Crippen LogP contribution in [-0.2, 0) is 4.79 Å². The molecule has 1 aliphatic heterocycles. The molecule has 1 N–H and O–H groups in total. The van der Waals surface area contributed by atoms with Crippen molar-refractivity contribution in [3.8, 4) is 5.75 Å². The summed E-state index contributed by atoms with van der Waals surface area (Å²) in [4.78, 5) is 28.2. The number of ketones is 1. The zero-order valence-corrected chi connectivity index (χ0v) is 18.9. The molecule has 7 nitrogen and oxygen atoms in total. The van der Waals surface area contributed by atoms with Crippen LogP contribution in [0.1, 0.15) is 47.7 Å². The van der Waals surface area contributed by atoms with Crippen LogP contribution in [0, 0.1) is 0 Å². The number of aliphatic hydroxyl groups excluding tert-OH is 1. The third kappa shape index (κ3) is 3.37. The van der Waals surface area contributed by atoms with E-state index in [1.54, 1.807) is 48.5 Å². The number of ether oxygens (including phenoxy) is 1. The van der Waals surface area contributed by atoms with E-state index in [0.29, 0.717) is 34.1 Å². The van der Waals surface area contributed by atoms with Gasteiger partial charge >= 0.3 is 0 Å². The molecule has 4 aromatic rings. The summed E-state index contributed by atoms with van der Waals surface area (Å²) in [5.41, 5.74) is 1.95. The zero-order chi connectivity index (χ0) is 24.0. The Kier molecular flexibility index (Phi) is 5.24. The molecule has 5 rings (SSSR count). The first kappa shape index (κ1) is 21.6. The Bertz CT molecular complexity index is 1410. The highest BCUT2D eigenvalue weighted by Crippen LogP contribution is 2.43. The van der Waals surface area contributed by atoms with E-state index in [0.717, 1.165) is 5.56 Å². The maximum Gasteiger partial charge on any atom is 0.294 e. The molecule has 1 unspecified atom stereocenters. The van der Waals surface area contributed by atoms with Crippen LogP contribution in [0.3, 0.4) is 0 Å². The molecule has 0 spiro atoms. The molecule has 2 aromatic carbocycles. The molecule has 2 aromatic heterocycles. The van der Waals surface area contributed by atoms with E-state index < -0.39 is 23.5 Å². The van der Waals surface area contributed by atoms with Gasteiger partial charge in [-0.15, -0.1) is 0 Å². The normalized spacial score (nSPS) is 16.2. The summed E-state index contributed by atoms with van der Waals surface area (Å²) >= 11 is 0. The molecule has 1 amide bonds. The van der Waals surface area contributed by atoms with Crippen molar-refractivity contribution in [2.45, 2.75) is 25.8 Å². The number of aliphatic hydroxyl groups is 1. The molecule has 0 fully saturated rings. The lowest BCUT2D eigenvalue weighted by molar-refractivity contribution is -0.117. The van der Waals surface area contributed by atoms with Gasteiger partial charge in [0.05, 0.1) is 18.9 Å². The van der Waals surface area contributed by atoms with Gasteiger partial charge in [-0.2, -0.15) is 0 Å². The van der Waals surface area contributed by atoms with Crippen molar-refractivity contribution >= 4 is 28.3 Å². The highest BCUT2D eigenvalue weighted by molar-refractivity contribution is 6.20. The van der Waals surface area contributed by atoms with Crippen LogP contribution >= 0.6 is 0 Å². The molecule has 7 heteroatoms. The van der Waals surface area contributed by atoms with Crippen molar-refractivity contribution in [1.29, 1.82) is 0 Å². The van der Waals surface area contributed by atoms with Crippen LogP contribution in [0.15, 0.2) is 87.1 Å². The van der Waals surface area contributed by atoms with E-state index in [4.69, 9.17) is 13.6 Å². The second-order valence-corrected chi connectivity index (χ2v) is 8.42. The number of hydrogen-bond donors (Lipinski definition) is 1. The van der Waals surface area contributed by atoms with Crippen molar-refractivity contribution in [2.24, 2.45) is 0 Å². The van der Waals surface area contributed by atoms with Gasteiger partial charge in [-0.25, -0.2) is 0 Å². The number of hydrogen-bond acceptors (Lipinski definition) is 6. The molecule has 1 aliphatic rings. The molecule has 0 radical (unpaired) electrons. The summed E-state index contributed by atoms with van der Waals surface area (Å²) in [5, 5.41) is 11.5. The lowest BCUT2D eigenvalue weighted by Crippen LogP contribution is -2.30. The maximum absolute atomic E-state index is 13.6. The van der Waals surface area contributed by atoms with Gasteiger partial charge in [0.2, 0.25) is 5.78 Å². The Balaban J connectivity index is 1.61. The summed E-state index contributed by atoms with van der Waals surface area (Å²) < 4.78 is 16.7. The fraction of sp³-hybridized carbons (Fsp3) is 0.185. The topological polar surface area (TPSA) is 93.1 Å². The van der Waals surface area contributed by atoms with E-state index in [9.17, 15) is 14.7 Å². The van der Waals surface area contributed by atoms with E-state index in [2.05, 4.69) is 13.8 Å². The lowest BCUT2D eigenvalue weighted by atomic mass is 9.98. The molecular weight excluding hydrogens is 434 g/mol. The minimum atomic E-state index is -0.949. The van der Waals surface area contributed by atoms with Crippen LogP contribution < -0.4 is 9.64 Å². The number of methoxy groups -OCH3 is 1. The molecule has 1 atom stereocenters. The van der Waals surface area contributed by atoms with Gasteiger partial charge in [0.1, 0.15) is 11.8 Å². The van der Waals surface area contributed by atoms with E-state index in [1.807, 2.05) is 12.1 Å². The van der Waals surface area contributed by atoms with Gasteiger partial charge in [-0.05, 0) is 47.9 Å². The fourth-order valence-corrected chi connectivity index (χ4v) is 4.28. The summed E-state index contributed by atoms with van der Waals surface area (Å²) in [5.74, 6) is -0.788. The predicted molar refractivity (Wildman–Crippen MR) is 126 cm³/mol. The van der Waals surface area contributed by atoms with Crippen molar-refractivity contribution in [2.75, 3.05) is 12.0 Å². The Morgan fingerprint density at radius 2 is 1.85 bits per heavy atom. The van der Waals surface area contributed by atoms with E-state index in [-0.39, 0.29) is 11.3 Å². The average Bonchev–Trinajstić information content (AvgIpc) is 3.57. The largest absolute Gasteiger partial charge is 0.503 e. The highest BCUT2D eigenvalue weighted by Gasteiger charge is 2.46. The molecule has 0 saturated heterocycles. The summed E-state index contributed by atoms with van der Waals surface area (Å²) in [6.45, 7) is 4.16. The van der Waals surface area contributed by atoms with Crippen molar-refractivity contribution in [1.82, 2.24) is 0 Å². The highest BCUT2D eigenvalue weighted by atomic mass is 16.5. The molecule has 34 heavy (non-hydrogen) atoms. The van der Waals surface area contributed by atoms with Gasteiger partial charge in [0.25, 0.3) is 5.91 Å². The minimum Gasteiger partial charge on any atom is -0.503 e. The number of Topliss-reactive ketones (excluding diaryl/α,β-unsaturated/α-hetero) is 1. The van der Waals surface area contributed by atoms with Crippen LogP contribution in [0.2, 0.25) is 0 Å². The van der Waals surface area contributed by atoms with Crippen molar-refractivity contribution < 1.29 is 28.3 Å². The Labute approximate surface area is 195 Å². The molecule has 0 aliphatic carbocycles. The maximum atomic E-state index is 13.6. The van der Waals surface area contributed by atoms with Crippen molar-refractivity contribution in [3.05, 3.63) is 95.3 Å². The number of rotatable bonds is 6. The number of nitrogens with zero attached hydrogens (tertiary/aromatic N) is 1. The molecule has 3 heterocycles. The summed E-state index contributed by atoms with van der Waals surface area (Å²) in [7, 11) is 1.51. The number of benzene rings is 2. The first-order chi connectivity index (χ1) is 16.4. The number of amides is 1. The third-order valence-corrected chi connectivity index (χ3v) is 6.06. The van der Waals surface area contributed by atoms with Gasteiger partial charge < -0.3 is 18.7 Å². The van der Waals surface area contributed by atoms with E-state index in [1.165, 1.54) is 18.3 Å². The summed E-state index contributed by atoms with van der Waals surface area (Å²) in [6.07, 6.45) is 1.46. The van der Waals surface area contributed by atoms with Crippen LogP contribution in [-0.4, -0.2) is 23.9 Å². The molecule has 0 bridgehead atoms. The summed E-state index contributed by atoms with van der Waals surface area (Å²) in [6, 6.07) is 16.7. The van der Waals surface area contributed by atoms with Crippen LogP contribution in [0.25, 0.3) is 11.0 Å². The number of para-hydroxylation sites is 1. The smallest absolute Gasteiger partial charge is 0.294 e. The standard InChI is InChI=1S/C27H23NO6/c1-15(2)16-9-11-18(12-10-16)28-23(19-8-5-13-33-19)22(25(30)27(28)31)24(29)21-14-17-6-4-7-20(32-3)26(17)34-21/h4-15,23,30H,1-3H3. The molecular formula is C27H23NO6. The average molecular weight is 457 g/mol. The van der Waals surface area contributed by atoms with Crippen molar-refractivity contribution in [3.63, 3.8) is 0 Å². The van der Waals surface area contributed by atoms with Crippen LogP contribution in [0.5, 0.6) is 5.75 Å². The number of carbonyl (C=O) groups is 2. The van der Waals surface area contributed by atoms with Crippen LogP contribution in [0.4, 0.5) is 5.69 Å². The predicted octanol–water partition coefficient (Wildman–Crippen LogP) is 5.94. The number of fused-ring (bicyclic) bond motifs is 1. The fourth-order valence-electron chi connectivity index (χ4n) is 4.28. The first-order valence-electron chi connectivity index (χ1n) is 10.9. The molecule has 172 valence electrons. The van der Waals surface area contributed by atoms with Gasteiger partial charge in [0.15, 0.2) is 22.9 Å². The number of furan rings is 2. The lowest BCUT2D eigenvalue weighted by Gasteiger charge is -2.25. The SMILES string of the molecule is COc1cccc2cc(C(=O)C3=C(O)C(=O)N(c4ccc(C(C)C)cc4)C3c3ccco3)oc12. The van der Waals surface area contributed by atoms with Gasteiger partial charge in [0, 0.05) is 11.1 Å². The first-order valence-corrected chi connectivity index (χ1v) is 10.9. The second kappa shape index (κ2) is 8.26. The van der Waals surface area contributed by atoms with Gasteiger partial charge in [-0.1, -0.05) is 38.1 Å². The monoisotopic (exact) mass is 457 g/mol. The minimum absolute atomic E-state index is 0.0117. The zero-order valence-electron chi connectivity index (χ0n) is 18.9. The third-order valence-electron chi connectivity index (χ3n) is 6.06. The van der Waals surface area contributed by atoms with Gasteiger partial charge in [-0.3, -0.25) is 14.5 Å². The Morgan fingerprint density at radius 3 is 2.50 bits per heavy atom. The molecule has 0 saturated carbocycles. The Morgan fingerprint density at radius 1 is 1.09 bits per heavy atom. The number of anilines is 1. The van der Waals surface area contributed by atoms with E-state index >= 15 is 0 Å². The number of carbonyl (C=O) groups excluding carboxylic acids is 2.